The summed E-state index contributed by atoms with van der Waals surface area (Å²) in [6, 6.07) is 9.09. The highest BCUT2D eigenvalue weighted by Gasteiger charge is 2.41. The fourth-order valence-corrected chi connectivity index (χ4v) is 4.53. The highest BCUT2D eigenvalue weighted by atomic mass is 32.2. The molecular weight excluding hydrogens is 286 g/mol. The molecule has 5 heteroatoms. The summed E-state index contributed by atoms with van der Waals surface area (Å²) >= 11 is 0. The van der Waals surface area contributed by atoms with Crippen LogP contribution in [0.5, 0.6) is 0 Å². The normalized spacial score (nSPS) is 19.9. The van der Waals surface area contributed by atoms with Crippen molar-refractivity contribution in [2.24, 2.45) is 0 Å². The first-order valence-electron chi connectivity index (χ1n) is 7.46. The maximum absolute atomic E-state index is 12.6. The molecule has 0 radical (unpaired) electrons. The van der Waals surface area contributed by atoms with Crippen molar-refractivity contribution in [1.82, 2.24) is 4.72 Å². The van der Waals surface area contributed by atoms with Crippen molar-refractivity contribution in [3.05, 3.63) is 35.9 Å². The third kappa shape index (κ3) is 3.52. The molecule has 0 aromatic heterocycles. The summed E-state index contributed by atoms with van der Waals surface area (Å²) < 4.78 is 28.0. The minimum absolute atomic E-state index is 0.0777. The summed E-state index contributed by atoms with van der Waals surface area (Å²) in [5, 5.41) is -0.670. The minimum atomic E-state index is -3.59. The van der Waals surface area contributed by atoms with E-state index in [1.165, 1.54) is 6.92 Å². The second-order valence-corrected chi connectivity index (χ2v) is 7.90. The lowest BCUT2D eigenvalue weighted by Gasteiger charge is -2.36. The van der Waals surface area contributed by atoms with Crippen molar-refractivity contribution >= 4 is 15.8 Å². The Balaban J connectivity index is 2.25. The van der Waals surface area contributed by atoms with Gasteiger partial charge >= 0.3 is 0 Å². The number of carbonyl (C=O) groups is 1. The number of sulfonamides is 1. The molecule has 0 spiro atoms. The zero-order valence-electron chi connectivity index (χ0n) is 12.6. The van der Waals surface area contributed by atoms with Crippen molar-refractivity contribution in [2.45, 2.75) is 56.7 Å². The first kappa shape index (κ1) is 16.2. The van der Waals surface area contributed by atoms with Gasteiger partial charge in [-0.2, -0.15) is 0 Å². The fourth-order valence-electron chi connectivity index (χ4n) is 2.95. The van der Waals surface area contributed by atoms with Crippen LogP contribution in [0.1, 0.15) is 56.8 Å². The van der Waals surface area contributed by atoms with Gasteiger partial charge in [0.25, 0.3) is 0 Å². The van der Waals surface area contributed by atoms with E-state index in [4.69, 9.17) is 0 Å². The Morgan fingerprint density at radius 2 is 1.71 bits per heavy atom. The molecule has 0 heterocycles. The quantitative estimate of drug-likeness (QED) is 0.909. The molecule has 116 valence electrons. The lowest BCUT2D eigenvalue weighted by Crippen LogP contribution is -2.55. The number of carbonyl (C=O) groups excluding carboxylic acids is 1. The van der Waals surface area contributed by atoms with E-state index in [-0.39, 0.29) is 5.78 Å². The van der Waals surface area contributed by atoms with Crippen LogP contribution in [-0.2, 0) is 14.8 Å². The zero-order valence-corrected chi connectivity index (χ0v) is 13.4. The number of nitrogens with one attached hydrogen (secondary N) is 1. The van der Waals surface area contributed by atoms with Crippen molar-refractivity contribution in [2.75, 3.05) is 0 Å². The van der Waals surface area contributed by atoms with Crippen LogP contribution in [0.25, 0.3) is 0 Å². The third-order valence-electron chi connectivity index (χ3n) is 4.45. The maximum atomic E-state index is 12.6. The molecule has 1 aromatic carbocycles. The van der Waals surface area contributed by atoms with Crippen LogP contribution in [0, 0.1) is 0 Å². The van der Waals surface area contributed by atoms with Gasteiger partial charge < -0.3 is 0 Å². The number of hydrogen-bond donors (Lipinski definition) is 1. The molecule has 1 aromatic rings. The van der Waals surface area contributed by atoms with E-state index >= 15 is 0 Å². The number of Topliss-reactive ketones (excluding diaryl/α,β-unsaturated/α-hetero) is 1. The molecule has 1 aliphatic carbocycles. The van der Waals surface area contributed by atoms with Gasteiger partial charge in [0.05, 0.1) is 10.8 Å². The average Bonchev–Trinajstić information content (AvgIpc) is 2.47. The van der Waals surface area contributed by atoms with Gasteiger partial charge in [-0.05, 0) is 32.3 Å². The molecule has 1 aliphatic rings. The Kier molecular flexibility index (Phi) is 4.84. The maximum Gasteiger partial charge on any atom is 0.219 e. The van der Waals surface area contributed by atoms with Crippen LogP contribution in [0.3, 0.4) is 0 Å². The highest BCUT2D eigenvalue weighted by Crippen LogP contribution is 2.32. The van der Waals surface area contributed by atoms with Crippen molar-refractivity contribution < 1.29 is 13.2 Å². The molecule has 4 nitrogen and oxygen atoms in total. The molecule has 1 fully saturated rings. The fraction of sp³-hybridized carbons (Fsp3) is 0.562. The molecule has 2 rings (SSSR count). The number of rotatable bonds is 5. The van der Waals surface area contributed by atoms with E-state index in [9.17, 15) is 13.2 Å². The predicted molar refractivity (Wildman–Crippen MR) is 83.4 cm³/mol. The minimum Gasteiger partial charge on any atom is -0.298 e. The van der Waals surface area contributed by atoms with Crippen LogP contribution in [0.2, 0.25) is 0 Å². The van der Waals surface area contributed by atoms with Crippen molar-refractivity contribution in [3.8, 4) is 0 Å². The number of ketones is 1. The van der Waals surface area contributed by atoms with Crippen LogP contribution >= 0.6 is 0 Å². The number of benzene rings is 1. The molecule has 0 saturated heterocycles. The Hall–Kier alpha value is -1.20. The van der Waals surface area contributed by atoms with E-state index < -0.39 is 20.8 Å². The van der Waals surface area contributed by atoms with Gasteiger partial charge in [0.15, 0.2) is 5.78 Å². The monoisotopic (exact) mass is 309 g/mol. The largest absolute Gasteiger partial charge is 0.298 e. The van der Waals surface area contributed by atoms with Crippen LogP contribution in [0.15, 0.2) is 30.3 Å². The molecule has 1 unspecified atom stereocenters. The summed E-state index contributed by atoms with van der Waals surface area (Å²) in [7, 11) is -3.59. The summed E-state index contributed by atoms with van der Waals surface area (Å²) in [6.07, 6.45) is 4.04. The van der Waals surface area contributed by atoms with E-state index in [1.807, 2.05) is 18.2 Å². The van der Waals surface area contributed by atoms with Gasteiger partial charge in [0, 0.05) is 0 Å². The first-order valence-corrected chi connectivity index (χ1v) is 9.01. The third-order valence-corrected chi connectivity index (χ3v) is 6.33. The van der Waals surface area contributed by atoms with Gasteiger partial charge in [-0.25, -0.2) is 13.1 Å². The zero-order chi connectivity index (χ0) is 15.5. The number of hydrogen-bond acceptors (Lipinski definition) is 3. The summed E-state index contributed by atoms with van der Waals surface area (Å²) in [4.78, 5) is 12.0. The van der Waals surface area contributed by atoms with Gasteiger partial charge in [-0.3, -0.25) is 4.79 Å². The van der Waals surface area contributed by atoms with Crippen molar-refractivity contribution in [1.29, 1.82) is 0 Å². The second kappa shape index (κ2) is 6.28. The molecule has 0 bridgehead atoms. The molecule has 1 N–H and O–H groups in total. The van der Waals surface area contributed by atoms with Gasteiger partial charge in [0.1, 0.15) is 0 Å². The molecule has 21 heavy (non-hydrogen) atoms. The molecule has 0 amide bonds. The van der Waals surface area contributed by atoms with Gasteiger partial charge in [-0.1, -0.05) is 49.6 Å². The summed E-state index contributed by atoms with van der Waals surface area (Å²) in [6.45, 7) is 3.15. The predicted octanol–water partition coefficient (Wildman–Crippen LogP) is 2.96. The lowest BCUT2D eigenvalue weighted by molar-refractivity contribution is -0.123. The molecule has 1 atom stereocenters. The van der Waals surface area contributed by atoms with Crippen LogP contribution < -0.4 is 4.72 Å². The smallest absolute Gasteiger partial charge is 0.219 e. The van der Waals surface area contributed by atoms with E-state index in [2.05, 4.69) is 4.72 Å². The van der Waals surface area contributed by atoms with E-state index in [0.717, 1.165) is 24.8 Å². The second-order valence-electron chi connectivity index (χ2n) is 5.90. The first-order chi connectivity index (χ1) is 9.87. The highest BCUT2D eigenvalue weighted by molar-refractivity contribution is 7.89. The SMILES string of the molecule is CC(=O)C1(NS(=O)(=O)C(C)c2ccccc2)CCCCC1. The van der Waals surface area contributed by atoms with E-state index in [1.54, 1.807) is 19.1 Å². The van der Waals surface area contributed by atoms with Gasteiger partial charge in [0.2, 0.25) is 10.0 Å². The lowest BCUT2D eigenvalue weighted by atomic mass is 9.80. The Morgan fingerprint density at radius 3 is 2.24 bits per heavy atom. The molecule has 1 saturated carbocycles. The van der Waals surface area contributed by atoms with Crippen molar-refractivity contribution in [3.63, 3.8) is 0 Å². The van der Waals surface area contributed by atoms with Gasteiger partial charge in [-0.15, -0.1) is 0 Å². The Bertz CT molecular complexity index is 589. The standard InChI is InChI=1S/C16H23NO3S/c1-13(15-9-5-3-6-10-15)21(19,20)17-16(14(2)18)11-7-4-8-12-16/h3,5-6,9-10,13,17H,4,7-8,11-12H2,1-2H3. The molecular formula is C16H23NO3S. The van der Waals surface area contributed by atoms with E-state index in [0.29, 0.717) is 12.8 Å². The molecule has 0 aliphatic heterocycles. The summed E-state index contributed by atoms with van der Waals surface area (Å²) in [5.74, 6) is -0.0777. The van der Waals surface area contributed by atoms with Crippen LogP contribution in [-0.4, -0.2) is 19.7 Å². The van der Waals surface area contributed by atoms with Crippen LogP contribution in [0.4, 0.5) is 0 Å². The topological polar surface area (TPSA) is 63.2 Å². The summed E-state index contributed by atoms with van der Waals surface area (Å²) in [5.41, 5.74) is -0.167. The average molecular weight is 309 g/mol. The Morgan fingerprint density at radius 1 is 1.14 bits per heavy atom. The Labute approximate surface area is 127 Å².